The molecule has 40 heavy (non-hydrogen) atoms. The Labute approximate surface area is 231 Å². The van der Waals surface area contributed by atoms with Crippen LogP contribution in [0.3, 0.4) is 0 Å². The maximum Gasteiger partial charge on any atom is 0.269 e. The maximum atomic E-state index is 14.6. The third-order valence-corrected chi connectivity index (χ3v) is 6.28. The highest BCUT2D eigenvalue weighted by Crippen LogP contribution is 2.40. The Hall–Kier alpha value is -4.79. The normalized spacial score (nSPS) is 11.7. The second kappa shape index (κ2) is 12.4. The molecule has 7 nitrogen and oxygen atoms in total. The molecule has 1 aliphatic rings. The quantitative estimate of drug-likeness (QED) is 0.168. The zero-order valence-corrected chi connectivity index (χ0v) is 22.7. The van der Waals surface area contributed by atoms with Crippen LogP contribution in [0.15, 0.2) is 79.1 Å². The summed E-state index contributed by atoms with van der Waals surface area (Å²) in [7, 11) is 0. The van der Waals surface area contributed by atoms with Crippen LogP contribution in [0, 0.1) is 21.7 Å². The van der Waals surface area contributed by atoms with Crippen molar-refractivity contribution in [3.05, 3.63) is 106 Å². The van der Waals surface area contributed by atoms with Crippen LogP contribution in [0.4, 0.5) is 26.0 Å². The summed E-state index contributed by atoms with van der Waals surface area (Å²) in [4.78, 5) is 26.6. The molecule has 0 spiro atoms. The lowest BCUT2D eigenvalue weighted by Gasteiger charge is -2.21. The van der Waals surface area contributed by atoms with E-state index >= 15 is 0 Å². The first-order valence-electron chi connectivity index (χ1n) is 13.2. The number of halogens is 2. The maximum absolute atomic E-state index is 14.6. The Morgan fingerprint density at radius 3 is 2.42 bits per heavy atom. The molecule has 0 unspecified atom stereocenters. The van der Waals surface area contributed by atoms with Gasteiger partial charge < -0.3 is 4.90 Å². The van der Waals surface area contributed by atoms with Crippen molar-refractivity contribution in [1.82, 2.24) is 15.0 Å². The van der Waals surface area contributed by atoms with Gasteiger partial charge in [-0.15, -0.1) is 0 Å². The molecule has 0 N–H and O–H groups in total. The van der Waals surface area contributed by atoms with Crippen molar-refractivity contribution in [1.29, 1.82) is 0 Å². The molecule has 204 valence electrons. The number of pyridine rings is 1. The molecule has 3 aromatic carbocycles. The highest BCUT2D eigenvalue weighted by molar-refractivity contribution is 5.96. The Balaban J connectivity index is 0.000000886. The number of non-ortho nitro benzene ring substituents is 1. The lowest BCUT2D eigenvalue weighted by Crippen LogP contribution is -2.16. The first-order chi connectivity index (χ1) is 19.5. The molecular formula is C31H29F2N5O2. The van der Waals surface area contributed by atoms with Gasteiger partial charge in [0.1, 0.15) is 5.82 Å². The number of aromatic nitrogens is 3. The summed E-state index contributed by atoms with van der Waals surface area (Å²) in [6.07, 6.45) is 3.93. The summed E-state index contributed by atoms with van der Waals surface area (Å²) in [5.74, 6) is -0.813. The minimum Gasteiger partial charge on any atom is -0.325 e. The SMILES string of the molecule is CC.CC.O=[N+]([O-])c1ccc2c(c1)CCN2c1nc(-c2cccnc2)nc2ccc(-c3cccc(F)c3F)cc12. The van der Waals surface area contributed by atoms with E-state index in [-0.39, 0.29) is 11.3 Å². The molecule has 9 heteroatoms. The van der Waals surface area contributed by atoms with Gasteiger partial charge in [0.15, 0.2) is 17.5 Å². The fourth-order valence-corrected chi connectivity index (χ4v) is 4.56. The number of hydrogen-bond donors (Lipinski definition) is 0. The van der Waals surface area contributed by atoms with Crippen LogP contribution in [0.5, 0.6) is 0 Å². The second-order valence-electron chi connectivity index (χ2n) is 8.42. The van der Waals surface area contributed by atoms with Crippen LogP contribution in [0.2, 0.25) is 0 Å². The van der Waals surface area contributed by atoms with Gasteiger partial charge in [-0.1, -0.05) is 45.9 Å². The first kappa shape index (κ1) is 28.2. The second-order valence-corrected chi connectivity index (χ2v) is 8.42. The van der Waals surface area contributed by atoms with Crippen molar-refractivity contribution in [2.24, 2.45) is 0 Å². The predicted octanol–water partition coefficient (Wildman–Crippen LogP) is 8.29. The number of rotatable bonds is 4. The van der Waals surface area contributed by atoms with E-state index in [9.17, 15) is 18.9 Å². The number of hydrogen-bond acceptors (Lipinski definition) is 6. The van der Waals surface area contributed by atoms with Gasteiger partial charge >= 0.3 is 0 Å². The van der Waals surface area contributed by atoms with Crippen LogP contribution in [0.25, 0.3) is 33.4 Å². The number of fused-ring (bicyclic) bond motifs is 2. The van der Waals surface area contributed by atoms with Gasteiger partial charge in [-0.2, -0.15) is 0 Å². The highest BCUT2D eigenvalue weighted by Gasteiger charge is 2.26. The molecule has 0 radical (unpaired) electrons. The van der Waals surface area contributed by atoms with Gasteiger partial charge in [0.05, 0.1) is 10.4 Å². The van der Waals surface area contributed by atoms with Crippen molar-refractivity contribution in [2.45, 2.75) is 34.1 Å². The van der Waals surface area contributed by atoms with E-state index in [1.54, 1.807) is 48.8 Å². The zero-order valence-electron chi connectivity index (χ0n) is 22.7. The van der Waals surface area contributed by atoms with Crippen LogP contribution in [-0.2, 0) is 6.42 Å². The molecule has 0 fully saturated rings. The average molecular weight is 542 g/mol. The third-order valence-electron chi connectivity index (χ3n) is 6.28. The van der Waals surface area contributed by atoms with Gasteiger partial charge in [0.25, 0.3) is 5.69 Å². The van der Waals surface area contributed by atoms with Crippen LogP contribution >= 0.6 is 0 Å². The van der Waals surface area contributed by atoms with E-state index in [0.717, 1.165) is 22.9 Å². The van der Waals surface area contributed by atoms with E-state index in [0.29, 0.717) is 41.1 Å². The number of anilines is 2. The summed E-state index contributed by atoms with van der Waals surface area (Å²) < 4.78 is 28.5. The van der Waals surface area contributed by atoms with Crippen molar-refractivity contribution in [3.63, 3.8) is 0 Å². The lowest BCUT2D eigenvalue weighted by atomic mass is 10.0. The molecule has 0 saturated carbocycles. The first-order valence-corrected chi connectivity index (χ1v) is 13.2. The van der Waals surface area contributed by atoms with Gasteiger partial charge in [-0.3, -0.25) is 15.1 Å². The third kappa shape index (κ3) is 5.36. The smallest absolute Gasteiger partial charge is 0.269 e. The lowest BCUT2D eigenvalue weighted by molar-refractivity contribution is -0.384. The average Bonchev–Trinajstić information content (AvgIpc) is 3.43. The van der Waals surface area contributed by atoms with E-state index in [1.165, 1.54) is 18.2 Å². The molecule has 1 aliphatic heterocycles. The number of nitro groups is 1. The number of nitrogens with zero attached hydrogens (tertiary/aromatic N) is 5. The topological polar surface area (TPSA) is 85.0 Å². The van der Waals surface area contributed by atoms with E-state index in [1.807, 2.05) is 38.7 Å². The minimum absolute atomic E-state index is 0.0306. The van der Waals surface area contributed by atoms with Crippen molar-refractivity contribution in [3.8, 4) is 22.5 Å². The summed E-state index contributed by atoms with van der Waals surface area (Å²) >= 11 is 0. The number of nitro benzene ring substituents is 1. The highest BCUT2D eigenvalue weighted by atomic mass is 19.2. The van der Waals surface area contributed by atoms with Gasteiger partial charge in [0, 0.05) is 53.3 Å². The van der Waals surface area contributed by atoms with E-state index in [4.69, 9.17) is 9.97 Å². The standard InChI is InChI=1S/C27H17F2N5O2.2C2H6/c28-22-5-1-4-20(25(22)29)16-6-8-23-21(14-16)27(32-26(31-23)18-3-2-11-30-15-18)33-12-10-17-13-19(34(35)36)7-9-24(17)33;2*1-2/h1-9,11,13-15H,10,12H2;2*1-2H3. The molecule has 3 heterocycles. The van der Waals surface area contributed by atoms with Crippen molar-refractivity contribution in [2.75, 3.05) is 11.4 Å². The molecule has 0 aliphatic carbocycles. The molecule has 5 aromatic rings. The number of benzene rings is 3. The van der Waals surface area contributed by atoms with Crippen LogP contribution in [-0.4, -0.2) is 26.4 Å². The van der Waals surface area contributed by atoms with Gasteiger partial charge in [-0.25, -0.2) is 18.7 Å². The predicted molar refractivity (Wildman–Crippen MR) is 155 cm³/mol. The monoisotopic (exact) mass is 541 g/mol. The fourth-order valence-electron chi connectivity index (χ4n) is 4.56. The van der Waals surface area contributed by atoms with Crippen LogP contribution < -0.4 is 4.90 Å². The molecule has 0 saturated heterocycles. The Kier molecular flexibility index (Phi) is 8.73. The molecule has 6 rings (SSSR count). The van der Waals surface area contributed by atoms with Crippen LogP contribution in [0.1, 0.15) is 33.3 Å². The largest absolute Gasteiger partial charge is 0.325 e. The molecular weight excluding hydrogens is 512 g/mol. The fraction of sp³-hybridized carbons (Fsp3) is 0.194. The summed E-state index contributed by atoms with van der Waals surface area (Å²) in [5.41, 5.74) is 3.64. The molecule has 0 bridgehead atoms. The Bertz CT molecular complexity index is 1660. The summed E-state index contributed by atoms with van der Waals surface area (Å²) in [6, 6.07) is 17.7. The minimum atomic E-state index is -0.926. The van der Waals surface area contributed by atoms with Crippen molar-refractivity contribution >= 4 is 28.1 Å². The summed E-state index contributed by atoms with van der Waals surface area (Å²) in [5, 5.41) is 11.9. The van der Waals surface area contributed by atoms with Gasteiger partial charge in [-0.05, 0) is 53.9 Å². The molecule has 0 atom stereocenters. The Morgan fingerprint density at radius 1 is 0.900 bits per heavy atom. The van der Waals surface area contributed by atoms with Gasteiger partial charge in [0.2, 0.25) is 0 Å². The molecule has 2 aromatic heterocycles. The summed E-state index contributed by atoms with van der Waals surface area (Å²) in [6.45, 7) is 8.55. The Morgan fingerprint density at radius 2 is 1.70 bits per heavy atom. The van der Waals surface area contributed by atoms with E-state index < -0.39 is 16.6 Å². The van der Waals surface area contributed by atoms with E-state index in [2.05, 4.69) is 4.98 Å². The zero-order chi connectivity index (χ0) is 28.8. The molecule has 0 amide bonds. The van der Waals surface area contributed by atoms with Crippen molar-refractivity contribution < 1.29 is 13.7 Å².